The number of ether oxygens (including phenoxy) is 1. The fourth-order valence-corrected chi connectivity index (χ4v) is 3.55. The lowest BCUT2D eigenvalue weighted by Crippen LogP contribution is -2.45. The van der Waals surface area contributed by atoms with Gasteiger partial charge in [-0.3, -0.25) is 0 Å². The Kier molecular flexibility index (Phi) is 4.71. The maximum atomic E-state index is 12.6. The fraction of sp³-hybridized carbons (Fsp3) is 0.333. The van der Waals surface area contributed by atoms with E-state index in [4.69, 9.17) is 4.74 Å². The van der Waals surface area contributed by atoms with E-state index in [-0.39, 0.29) is 12.1 Å². The van der Waals surface area contributed by atoms with Gasteiger partial charge in [0.05, 0.1) is 11.0 Å². The number of aryl methyl sites for hydroxylation is 2. The number of amides is 2. The Morgan fingerprint density at radius 2 is 1.78 bits per heavy atom. The predicted octanol–water partition coefficient (Wildman–Crippen LogP) is 3.86. The summed E-state index contributed by atoms with van der Waals surface area (Å²) in [6.45, 7) is 5.49. The number of piperidine rings is 1. The highest BCUT2D eigenvalue weighted by Crippen LogP contribution is 2.26. The van der Waals surface area contributed by atoms with Gasteiger partial charge in [0, 0.05) is 25.9 Å². The van der Waals surface area contributed by atoms with Crippen molar-refractivity contribution in [1.29, 1.82) is 0 Å². The molecule has 6 nitrogen and oxygen atoms in total. The molecule has 1 aromatic heterocycles. The van der Waals surface area contributed by atoms with Gasteiger partial charge in [0.15, 0.2) is 0 Å². The molecule has 1 fully saturated rings. The van der Waals surface area contributed by atoms with Crippen LogP contribution < -0.4 is 10.2 Å². The minimum atomic E-state index is -0.108. The molecule has 0 saturated carbocycles. The third kappa shape index (κ3) is 3.60. The third-order valence-electron chi connectivity index (χ3n) is 5.09. The smallest absolute Gasteiger partial charge is 0.336 e. The first-order chi connectivity index (χ1) is 13.1. The van der Waals surface area contributed by atoms with Crippen LogP contribution in [0.2, 0.25) is 0 Å². The van der Waals surface area contributed by atoms with Crippen LogP contribution in [0.4, 0.5) is 4.79 Å². The summed E-state index contributed by atoms with van der Waals surface area (Å²) in [5, 5.41) is 0. The molecule has 1 saturated heterocycles. The van der Waals surface area contributed by atoms with E-state index in [0.29, 0.717) is 13.1 Å². The molecule has 2 amide bonds. The first-order valence-corrected chi connectivity index (χ1v) is 9.33. The molecule has 1 N–H and O–H groups in total. The number of fused-ring (bicyclic) bond motifs is 1. The molecule has 2 heterocycles. The minimum Gasteiger partial charge on any atom is -0.490 e. The molecular weight excluding hydrogens is 340 g/mol. The van der Waals surface area contributed by atoms with E-state index < -0.39 is 0 Å². The first-order valence-electron chi connectivity index (χ1n) is 9.33. The molecule has 4 rings (SSSR count). The summed E-state index contributed by atoms with van der Waals surface area (Å²) in [5.41, 5.74) is 6.98. The number of imidazole rings is 1. The second-order valence-electron chi connectivity index (χ2n) is 7.05. The van der Waals surface area contributed by atoms with Crippen molar-refractivity contribution in [1.82, 2.24) is 14.6 Å². The third-order valence-corrected chi connectivity index (χ3v) is 5.09. The van der Waals surface area contributed by atoms with Crippen LogP contribution in [0.1, 0.15) is 24.0 Å². The Morgan fingerprint density at radius 3 is 2.52 bits per heavy atom. The Bertz CT molecular complexity index is 937. The molecule has 3 aromatic rings. The zero-order valence-electron chi connectivity index (χ0n) is 15.7. The molecule has 0 unspecified atom stereocenters. The highest BCUT2D eigenvalue weighted by Gasteiger charge is 2.25. The fourth-order valence-electron chi connectivity index (χ4n) is 3.55. The van der Waals surface area contributed by atoms with E-state index in [1.165, 1.54) is 0 Å². The van der Waals surface area contributed by atoms with E-state index in [0.717, 1.165) is 40.8 Å². The second-order valence-corrected chi connectivity index (χ2v) is 7.05. The van der Waals surface area contributed by atoms with E-state index in [2.05, 4.69) is 36.4 Å². The van der Waals surface area contributed by atoms with Crippen molar-refractivity contribution in [3.05, 3.63) is 59.9 Å². The highest BCUT2D eigenvalue weighted by molar-refractivity contribution is 5.85. The van der Waals surface area contributed by atoms with Gasteiger partial charge in [0.1, 0.15) is 18.2 Å². The van der Waals surface area contributed by atoms with Crippen LogP contribution in [0, 0.1) is 13.8 Å². The zero-order valence-corrected chi connectivity index (χ0v) is 15.7. The van der Waals surface area contributed by atoms with E-state index >= 15 is 0 Å². The van der Waals surface area contributed by atoms with Gasteiger partial charge in [-0.1, -0.05) is 30.3 Å². The van der Waals surface area contributed by atoms with Crippen LogP contribution in [0.25, 0.3) is 11.0 Å². The van der Waals surface area contributed by atoms with Crippen molar-refractivity contribution < 1.29 is 9.53 Å². The van der Waals surface area contributed by atoms with Gasteiger partial charge in [-0.15, -0.1) is 0 Å². The topological polar surface area (TPSA) is 59.4 Å². The van der Waals surface area contributed by atoms with Crippen molar-refractivity contribution in [3.8, 4) is 5.75 Å². The molecule has 27 heavy (non-hydrogen) atoms. The number of carbonyl (C=O) groups is 1. The first kappa shape index (κ1) is 17.4. The lowest BCUT2D eigenvalue weighted by molar-refractivity contribution is 0.113. The normalized spacial score (nSPS) is 15.1. The van der Waals surface area contributed by atoms with Gasteiger partial charge < -0.3 is 9.64 Å². The molecule has 0 atom stereocenters. The number of urea groups is 1. The van der Waals surface area contributed by atoms with Crippen molar-refractivity contribution >= 4 is 17.1 Å². The molecule has 140 valence electrons. The van der Waals surface area contributed by atoms with E-state index in [1.54, 1.807) is 11.0 Å². The van der Waals surface area contributed by atoms with Gasteiger partial charge in [-0.2, -0.15) is 0 Å². The monoisotopic (exact) mass is 364 g/mol. The SMILES string of the molecule is Cc1cccc(C)c1OC1CCN(C(=O)Nn2cnc3ccccc32)CC1. The average Bonchev–Trinajstić information content (AvgIpc) is 3.08. The highest BCUT2D eigenvalue weighted by atomic mass is 16.5. The second kappa shape index (κ2) is 7.31. The van der Waals surface area contributed by atoms with Crippen LogP contribution >= 0.6 is 0 Å². The number of aromatic nitrogens is 2. The summed E-state index contributed by atoms with van der Waals surface area (Å²) in [6.07, 6.45) is 3.43. The number of nitrogens with zero attached hydrogens (tertiary/aromatic N) is 3. The number of hydrogen-bond donors (Lipinski definition) is 1. The number of rotatable bonds is 3. The Morgan fingerprint density at radius 1 is 1.07 bits per heavy atom. The molecule has 1 aliphatic heterocycles. The zero-order chi connectivity index (χ0) is 18.8. The number of nitrogens with one attached hydrogen (secondary N) is 1. The number of hydrogen-bond acceptors (Lipinski definition) is 3. The van der Waals surface area contributed by atoms with Gasteiger partial charge in [0.25, 0.3) is 0 Å². The van der Waals surface area contributed by atoms with E-state index in [1.807, 2.05) is 35.2 Å². The lowest BCUT2D eigenvalue weighted by atomic mass is 10.1. The largest absolute Gasteiger partial charge is 0.490 e. The van der Waals surface area contributed by atoms with Gasteiger partial charge in [0.2, 0.25) is 0 Å². The van der Waals surface area contributed by atoms with Crippen molar-refractivity contribution in [2.24, 2.45) is 0 Å². The summed E-state index contributed by atoms with van der Waals surface area (Å²) >= 11 is 0. The standard InChI is InChI=1S/C21H24N4O2/c1-15-6-5-7-16(2)20(15)27-17-10-12-24(13-11-17)21(26)23-25-14-22-18-8-3-4-9-19(18)25/h3-9,14,17H,10-13H2,1-2H3,(H,23,26). The number of likely N-dealkylation sites (tertiary alicyclic amines) is 1. The molecule has 0 spiro atoms. The molecule has 2 aromatic carbocycles. The molecule has 0 aliphatic carbocycles. The summed E-state index contributed by atoms with van der Waals surface area (Å²) in [6, 6.07) is 13.8. The quantitative estimate of drug-likeness (QED) is 0.768. The van der Waals surface area contributed by atoms with Crippen LogP contribution in [0.5, 0.6) is 5.75 Å². The predicted molar refractivity (Wildman–Crippen MR) is 106 cm³/mol. The molecule has 6 heteroatoms. The van der Waals surface area contributed by atoms with Crippen LogP contribution in [-0.4, -0.2) is 39.8 Å². The number of carbonyl (C=O) groups excluding carboxylic acids is 1. The average molecular weight is 364 g/mol. The van der Waals surface area contributed by atoms with Gasteiger partial charge in [-0.25, -0.2) is 19.9 Å². The van der Waals surface area contributed by atoms with Crippen LogP contribution in [-0.2, 0) is 0 Å². The van der Waals surface area contributed by atoms with Crippen LogP contribution in [0.15, 0.2) is 48.8 Å². The van der Waals surface area contributed by atoms with E-state index in [9.17, 15) is 4.79 Å². The molecule has 0 radical (unpaired) electrons. The molecule has 0 bridgehead atoms. The summed E-state index contributed by atoms with van der Waals surface area (Å²) in [5.74, 6) is 0.977. The molecule has 1 aliphatic rings. The number of para-hydroxylation sites is 3. The van der Waals surface area contributed by atoms with Crippen LogP contribution in [0.3, 0.4) is 0 Å². The van der Waals surface area contributed by atoms with Crippen molar-refractivity contribution in [2.45, 2.75) is 32.8 Å². The maximum Gasteiger partial charge on any atom is 0.336 e. The van der Waals surface area contributed by atoms with Gasteiger partial charge in [-0.05, 0) is 37.1 Å². The Balaban J connectivity index is 1.35. The summed E-state index contributed by atoms with van der Waals surface area (Å²) in [4.78, 5) is 18.7. The lowest BCUT2D eigenvalue weighted by Gasteiger charge is -2.32. The Hall–Kier alpha value is -3.02. The van der Waals surface area contributed by atoms with Crippen molar-refractivity contribution in [2.75, 3.05) is 18.5 Å². The molecular formula is C21H24N4O2. The summed E-state index contributed by atoms with van der Waals surface area (Å²) < 4.78 is 7.91. The van der Waals surface area contributed by atoms with Crippen molar-refractivity contribution in [3.63, 3.8) is 0 Å². The number of benzene rings is 2. The summed E-state index contributed by atoms with van der Waals surface area (Å²) in [7, 11) is 0. The Labute approximate surface area is 158 Å². The minimum absolute atomic E-state index is 0.108. The maximum absolute atomic E-state index is 12.6. The van der Waals surface area contributed by atoms with Gasteiger partial charge >= 0.3 is 6.03 Å².